The number of ether oxygens (including phenoxy) is 1. The molecular formula is C19H23NO3S. The van der Waals surface area contributed by atoms with Crippen molar-refractivity contribution in [2.75, 3.05) is 18.2 Å². The Labute approximate surface area is 147 Å². The molecule has 128 valence electrons. The van der Waals surface area contributed by atoms with E-state index >= 15 is 0 Å². The van der Waals surface area contributed by atoms with E-state index in [9.17, 15) is 9.90 Å². The van der Waals surface area contributed by atoms with Crippen LogP contribution in [0, 0.1) is 13.8 Å². The molecule has 0 fully saturated rings. The third-order valence-corrected chi connectivity index (χ3v) is 4.55. The Kier molecular flexibility index (Phi) is 6.29. The molecule has 0 radical (unpaired) electrons. The van der Waals surface area contributed by atoms with Gasteiger partial charge in [0.15, 0.2) is 0 Å². The zero-order valence-corrected chi connectivity index (χ0v) is 15.3. The summed E-state index contributed by atoms with van der Waals surface area (Å²) >= 11 is 1.15. The van der Waals surface area contributed by atoms with Crippen molar-refractivity contribution in [2.45, 2.75) is 27.1 Å². The Morgan fingerprint density at radius 2 is 2.00 bits per heavy atom. The maximum Gasteiger partial charge on any atom is 0.285 e. The van der Waals surface area contributed by atoms with E-state index in [1.807, 2.05) is 44.2 Å². The number of carbonyl (C=O) groups is 1. The molecule has 0 saturated carbocycles. The molecule has 0 aliphatic rings. The van der Waals surface area contributed by atoms with Gasteiger partial charge in [0, 0.05) is 12.6 Å². The lowest BCUT2D eigenvalue weighted by molar-refractivity contribution is 0.264. The highest BCUT2D eigenvalue weighted by Crippen LogP contribution is 2.28. The van der Waals surface area contributed by atoms with E-state index in [0.717, 1.165) is 39.9 Å². The minimum absolute atomic E-state index is 0.0575. The van der Waals surface area contributed by atoms with Crippen LogP contribution in [0.25, 0.3) is 0 Å². The fourth-order valence-corrected chi connectivity index (χ4v) is 2.97. The molecule has 0 atom stereocenters. The lowest BCUT2D eigenvalue weighted by Gasteiger charge is -2.22. The Hall–Kier alpha value is -1.98. The summed E-state index contributed by atoms with van der Waals surface area (Å²) in [6.07, 6.45) is 1.75. The van der Waals surface area contributed by atoms with Gasteiger partial charge >= 0.3 is 0 Å². The first kappa shape index (κ1) is 18.4. The maximum atomic E-state index is 12.0. The van der Waals surface area contributed by atoms with Crippen LogP contribution in [-0.4, -0.2) is 23.6 Å². The van der Waals surface area contributed by atoms with Crippen LogP contribution < -0.4 is 9.64 Å². The summed E-state index contributed by atoms with van der Waals surface area (Å²) in [4.78, 5) is 13.6. The second-order valence-corrected chi connectivity index (χ2v) is 6.42. The third kappa shape index (κ3) is 4.10. The first-order chi connectivity index (χ1) is 11.5. The minimum atomic E-state index is -0.0965. The average molecular weight is 345 g/mol. The molecule has 2 aromatic carbocycles. The quantitative estimate of drug-likeness (QED) is 0.878. The van der Waals surface area contributed by atoms with Gasteiger partial charge in [0.2, 0.25) is 0 Å². The van der Waals surface area contributed by atoms with E-state index in [2.05, 4.69) is 6.07 Å². The van der Waals surface area contributed by atoms with E-state index in [0.29, 0.717) is 6.61 Å². The van der Waals surface area contributed by atoms with Crippen molar-refractivity contribution in [3.05, 3.63) is 58.7 Å². The number of amides is 1. The first-order valence-electron chi connectivity index (χ1n) is 7.71. The number of nitrogens with zero attached hydrogens (tertiary/aromatic N) is 1. The molecule has 24 heavy (non-hydrogen) atoms. The van der Waals surface area contributed by atoms with Gasteiger partial charge in [0.25, 0.3) is 5.24 Å². The van der Waals surface area contributed by atoms with E-state index in [1.165, 1.54) is 5.56 Å². The molecule has 0 bridgehead atoms. The number of anilines is 1. The van der Waals surface area contributed by atoms with E-state index in [-0.39, 0.29) is 11.8 Å². The number of carbonyl (C=O) groups excluding carboxylic acids is 1. The highest BCUT2D eigenvalue weighted by Gasteiger charge is 2.17. The fourth-order valence-electron chi connectivity index (χ4n) is 2.60. The molecule has 0 aliphatic heterocycles. The van der Waals surface area contributed by atoms with E-state index in [1.54, 1.807) is 18.2 Å². The lowest BCUT2D eigenvalue weighted by Crippen LogP contribution is -2.23. The van der Waals surface area contributed by atoms with Crippen LogP contribution in [0.3, 0.4) is 0 Å². The number of rotatable bonds is 5. The van der Waals surface area contributed by atoms with Gasteiger partial charge < -0.3 is 14.7 Å². The molecule has 1 N–H and O–H groups in total. The number of benzene rings is 2. The van der Waals surface area contributed by atoms with Crippen LogP contribution >= 0.6 is 11.8 Å². The topological polar surface area (TPSA) is 49.8 Å². The predicted molar refractivity (Wildman–Crippen MR) is 99.9 cm³/mol. The number of aliphatic hydroxyl groups excluding tert-OH is 1. The average Bonchev–Trinajstić information content (AvgIpc) is 2.59. The first-order valence-corrected chi connectivity index (χ1v) is 8.93. The molecule has 0 saturated heterocycles. The van der Waals surface area contributed by atoms with Gasteiger partial charge in [0.05, 0.1) is 12.3 Å². The molecule has 0 aliphatic carbocycles. The van der Waals surface area contributed by atoms with Gasteiger partial charge in [-0.15, -0.1) is 0 Å². The Bertz CT molecular complexity index is 731. The van der Waals surface area contributed by atoms with Crippen molar-refractivity contribution in [1.29, 1.82) is 0 Å². The Balaban J connectivity index is 2.32. The largest absolute Gasteiger partial charge is 0.489 e. The fraction of sp³-hybridized carbons (Fsp3) is 0.316. The molecule has 2 aromatic rings. The summed E-state index contributed by atoms with van der Waals surface area (Å²) in [5.74, 6) is 0.804. The Morgan fingerprint density at radius 3 is 2.62 bits per heavy atom. The van der Waals surface area contributed by atoms with Crippen LogP contribution in [0.15, 0.2) is 36.4 Å². The molecule has 0 unspecified atom stereocenters. The van der Waals surface area contributed by atoms with E-state index in [4.69, 9.17) is 4.74 Å². The second kappa shape index (κ2) is 8.22. The summed E-state index contributed by atoms with van der Waals surface area (Å²) in [7, 11) is 1.73. The molecule has 0 heterocycles. The maximum absolute atomic E-state index is 12.0. The predicted octanol–water partition coefficient (Wildman–Crippen LogP) is 4.29. The summed E-state index contributed by atoms with van der Waals surface area (Å²) in [5.41, 5.74) is 4.58. The van der Waals surface area contributed by atoms with Crippen molar-refractivity contribution in [1.82, 2.24) is 0 Å². The number of thioether (sulfide) groups is 1. The number of aliphatic hydroxyl groups is 1. The lowest BCUT2D eigenvalue weighted by atomic mass is 10.1. The number of hydrogen-bond donors (Lipinski definition) is 1. The van der Waals surface area contributed by atoms with Gasteiger partial charge in [-0.05, 0) is 43.4 Å². The van der Waals surface area contributed by atoms with Crippen LogP contribution in [0.1, 0.15) is 22.3 Å². The summed E-state index contributed by atoms with van der Waals surface area (Å²) < 4.78 is 5.97. The molecule has 2 rings (SSSR count). The van der Waals surface area contributed by atoms with Crippen LogP contribution in [0.2, 0.25) is 0 Å². The van der Waals surface area contributed by atoms with Crippen molar-refractivity contribution in [3.8, 4) is 5.75 Å². The molecular weight excluding hydrogens is 322 g/mol. The standard InChI is InChI=1S/C19H23NO3S/c1-13-8-9-18(14(2)10-13)23-12-16-15(11-21)6-5-7-17(16)20(3)19(22)24-4/h5-10,21H,11-12H2,1-4H3. The number of aryl methyl sites for hydroxylation is 2. The van der Waals surface area contributed by atoms with Crippen LogP contribution in [-0.2, 0) is 13.2 Å². The zero-order chi connectivity index (χ0) is 17.7. The van der Waals surface area contributed by atoms with Gasteiger partial charge in [-0.3, -0.25) is 4.79 Å². The van der Waals surface area contributed by atoms with Crippen molar-refractivity contribution in [2.24, 2.45) is 0 Å². The summed E-state index contributed by atoms with van der Waals surface area (Å²) in [6.45, 7) is 4.24. The highest BCUT2D eigenvalue weighted by molar-refractivity contribution is 8.13. The molecule has 4 nitrogen and oxygen atoms in total. The van der Waals surface area contributed by atoms with Crippen LogP contribution in [0.4, 0.5) is 10.5 Å². The molecule has 1 amide bonds. The van der Waals surface area contributed by atoms with Gasteiger partial charge in [-0.1, -0.05) is 41.6 Å². The minimum Gasteiger partial charge on any atom is -0.489 e. The molecule has 0 spiro atoms. The van der Waals surface area contributed by atoms with Gasteiger partial charge in [-0.25, -0.2) is 0 Å². The van der Waals surface area contributed by atoms with Crippen LogP contribution in [0.5, 0.6) is 5.75 Å². The monoisotopic (exact) mass is 345 g/mol. The smallest absolute Gasteiger partial charge is 0.285 e. The normalized spacial score (nSPS) is 10.5. The highest BCUT2D eigenvalue weighted by atomic mass is 32.2. The molecule has 5 heteroatoms. The van der Waals surface area contributed by atoms with Crippen molar-refractivity contribution in [3.63, 3.8) is 0 Å². The zero-order valence-electron chi connectivity index (χ0n) is 14.5. The summed E-state index contributed by atoms with van der Waals surface area (Å²) in [5, 5.41) is 9.59. The number of hydrogen-bond acceptors (Lipinski definition) is 4. The van der Waals surface area contributed by atoms with Crippen molar-refractivity contribution >= 4 is 22.7 Å². The second-order valence-electron chi connectivity index (χ2n) is 5.66. The van der Waals surface area contributed by atoms with E-state index < -0.39 is 0 Å². The Morgan fingerprint density at radius 1 is 1.25 bits per heavy atom. The molecule has 0 aromatic heterocycles. The summed E-state index contributed by atoms with van der Waals surface area (Å²) in [6, 6.07) is 11.6. The van der Waals surface area contributed by atoms with Crippen molar-refractivity contribution < 1.29 is 14.6 Å². The van der Waals surface area contributed by atoms with Gasteiger partial charge in [0.1, 0.15) is 12.4 Å². The SMILES string of the molecule is CSC(=O)N(C)c1cccc(CO)c1COc1ccc(C)cc1C. The third-order valence-electron chi connectivity index (χ3n) is 3.93. The van der Waals surface area contributed by atoms with Gasteiger partial charge in [-0.2, -0.15) is 0 Å².